The number of likely N-dealkylation sites (tertiary alicyclic amines) is 1. The van der Waals surface area contributed by atoms with Crippen LogP contribution in [0.3, 0.4) is 0 Å². The molecule has 6 nitrogen and oxygen atoms in total. The lowest BCUT2D eigenvalue weighted by molar-refractivity contribution is 0.0472. The Morgan fingerprint density at radius 2 is 1.80 bits per heavy atom. The number of amides is 1. The minimum atomic E-state index is -0.483. The summed E-state index contributed by atoms with van der Waals surface area (Å²) in [6.07, 6.45) is 3.29. The van der Waals surface area contributed by atoms with E-state index in [-0.39, 0.29) is 6.61 Å². The molecule has 1 fully saturated rings. The van der Waals surface area contributed by atoms with E-state index >= 15 is 0 Å². The molecule has 0 radical (unpaired) electrons. The monoisotopic (exact) mass is 505 g/mol. The molecule has 2 N–H and O–H groups in total. The molecular formula is C27H24ClN3O3S. The third-order valence-corrected chi connectivity index (χ3v) is 7.43. The Labute approximate surface area is 213 Å². The minimum Gasteiger partial charge on any atom is -0.457 e. The van der Waals surface area contributed by atoms with Gasteiger partial charge in [-0.15, -0.1) is 0 Å². The minimum absolute atomic E-state index is 0.126. The van der Waals surface area contributed by atoms with Crippen molar-refractivity contribution < 1.29 is 14.3 Å². The average molecular weight is 506 g/mol. The Morgan fingerprint density at radius 3 is 2.57 bits per heavy atom. The fourth-order valence-corrected chi connectivity index (χ4v) is 5.60. The number of carbonyl (C=O) groups is 2. The van der Waals surface area contributed by atoms with Crippen molar-refractivity contribution in [2.45, 2.75) is 35.7 Å². The largest absolute Gasteiger partial charge is 0.457 e. The summed E-state index contributed by atoms with van der Waals surface area (Å²) in [5, 5.41) is 0.593. The number of piperidine rings is 1. The zero-order chi connectivity index (χ0) is 24.4. The van der Waals surface area contributed by atoms with Crippen molar-refractivity contribution in [3.63, 3.8) is 0 Å². The molecule has 0 aliphatic carbocycles. The Balaban J connectivity index is 1.51. The maximum Gasteiger partial charge on any atom is 0.338 e. The molecule has 5 rings (SSSR count). The van der Waals surface area contributed by atoms with Gasteiger partial charge in [-0.1, -0.05) is 41.6 Å². The van der Waals surface area contributed by atoms with Crippen LogP contribution in [-0.4, -0.2) is 35.7 Å². The van der Waals surface area contributed by atoms with E-state index in [2.05, 4.69) is 4.90 Å². The van der Waals surface area contributed by atoms with Gasteiger partial charge in [-0.25, -0.2) is 9.79 Å². The number of rotatable bonds is 4. The van der Waals surface area contributed by atoms with Crippen molar-refractivity contribution in [2.24, 2.45) is 10.7 Å². The number of ether oxygens (including phenoxy) is 1. The topological polar surface area (TPSA) is 85.0 Å². The predicted molar refractivity (Wildman–Crippen MR) is 138 cm³/mol. The molecule has 2 aliphatic rings. The zero-order valence-corrected chi connectivity index (χ0v) is 20.6. The van der Waals surface area contributed by atoms with E-state index < -0.39 is 11.9 Å². The number of aliphatic imine (C=N–C) groups is 1. The van der Waals surface area contributed by atoms with Gasteiger partial charge in [-0.05, 0) is 67.3 Å². The van der Waals surface area contributed by atoms with Gasteiger partial charge in [-0.3, -0.25) is 4.79 Å². The summed E-state index contributed by atoms with van der Waals surface area (Å²) in [5.74, 6) is -0.194. The number of hydrogen-bond acceptors (Lipinski definition) is 6. The van der Waals surface area contributed by atoms with Gasteiger partial charge in [0, 0.05) is 33.5 Å². The lowest BCUT2D eigenvalue weighted by atomic mass is 10.0. The van der Waals surface area contributed by atoms with Gasteiger partial charge >= 0.3 is 5.97 Å². The van der Waals surface area contributed by atoms with Crippen LogP contribution in [-0.2, 0) is 11.3 Å². The Bertz CT molecular complexity index is 1330. The van der Waals surface area contributed by atoms with E-state index in [4.69, 9.17) is 27.1 Å². The first-order chi connectivity index (χ1) is 17.0. The second-order valence-corrected chi connectivity index (χ2v) is 10.0. The van der Waals surface area contributed by atoms with Gasteiger partial charge in [0.15, 0.2) is 0 Å². The van der Waals surface area contributed by atoms with Crippen LogP contribution >= 0.6 is 23.4 Å². The maximum atomic E-state index is 12.8. The highest BCUT2D eigenvalue weighted by Crippen LogP contribution is 2.42. The Morgan fingerprint density at radius 1 is 1.00 bits per heavy atom. The first kappa shape index (κ1) is 23.5. The number of nitrogens with two attached hydrogens (primary N) is 1. The van der Waals surface area contributed by atoms with Crippen molar-refractivity contribution in [3.05, 3.63) is 87.9 Å². The fourth-order valence-electron chi connectivity index (χ4n) is 4.35. The van der Waals surface area contributed by atoms with E-state index in [0.29, 0.717) is 21.8 Å². The number of benzene rings is 3. The van der Waals surface area contributed by atoms with Crippen molar-refractivity contribution >= 4 is 46.8 Å². The standard InChI is InChI=1S/C27H24ClN3O3S/c28-19-7-4-6-17(14-19)16-34-27(33)18-10-11-22-21(15-18)30-26(31-12-2-1-3-13-31)24-20(25(29)32)8-5-9-23(24)35-22/h4-11,14-15H,1-3,12-13,16H2,(H2,29,32). The highest BCUT2D eigenvalue weighted by Gasteiger charge is 2.27. The number of esters is 1. The van der Waals surface area contributed by atoms with Gasteiger partial charge in [0.1, 0.15) is 12.4 Å². The first-order valence-electron chi connectivity index (χ1n) is 11.5. The van der Waals surface area contributed by atoms with Crippen LogP contribution in [0.2, 0.25) is 5.02 Å². The number of primary amides is 1. The van der Waals surface area contributed by atoms with Crippen LogP contribution in [0.25, 0.3) is 0 Å². The molecule has 2 aliphatic heterocycles. The summed E-state index contributed by atoms with van der Waals surface area (Å²) in [6.45, 7) is 1.83. The third kappa shape index (κ3) is 5.06. The quantitative estimate of drug-likeness (QED) is 0.451. The normalized spacial score (nSPS) is 14.9. The molecule has 178 valence electrons. The Kier molecular flexibility index (Phi) is 6.79. The van der Waals surface area contributed by atoms with Crippen LogP contribution in [0.1, 0.15) is 51.1 Å². The Hall–Kier alpha value is -3.29. The maximum absolute atomic E-state index is 12.8. The second kappa shape index (κ2) is 10.1. The summed E-state index contributed by atoms with van der Waals surface area (Å²) in [6, 6.07) is 18.2. The molecule has 1 saturated heterocycles. The summed E-state index contributed by atoms with van der Waals surface area (Å²) < 4.78 is 5.52. The lowest BCUT2D eigenvalue weighted by Crippen LogP contribution is -2.37. The van der Waals surface area contributed by atoms with Crippen LogP contribution < -0.4 is 5.73 Å². The number of hydrogen-bond donors (Lipinski definition) is 1. The van der Waals surface area contributed by atoms with Crippen molar-refractivity contribution in [3.8, 4) is 0 Å². The van der Waals surface area contributed by atoms with Crippen molar-refractivity contribution in [2.75, 3.05) is 13.1 Å². The molecule has 35 heavy (non-hydrogen) atoms. The van der Waals surface area contributed by atoms with Crippen LogP contribution in [0, 0.1) is 0 Å². The lowest BCUT2D eigenvalue weighted by Gasteiger charge is -2.30. The smallest absolute Gasteiger partial charge is 0.338 e. The molecule has 0 saturated carbocycles. The molecule has 8 heteroatoms. The van der Waals surface area contributed by atoms with E-state index in [1.54, 1.807) is 30.3 Å². The summed E-state index contributed by atoms with van der Waals surface area (Å²) in [5.41, 5.74) is 8.85. The molecule has 2 heterocycles. The van der Waals surface area contributed by atoms with Crippen LogP contribution in [0.4, 0.5) is 5.69 Å². The van der Waals surface area contributed by atoms with Gasteiger partial charge in [0.25, 0.3) is 0 Å². The van der Waals surface area contributed by atoms with Crippen LogP contribution in [0.15, 0.2) is 75.4 Å². The molecule has 0 bridgehead atoms. The zero-order valence-electron chi connectivity index (χ0n) is 19.0. The number of amidine groups is 1. The summed E-state index contributed by atoms with van der Waals surface area (Å²) in [7, 11) is 0. The second-order valence-electron chi connectivity index (χ2n) is 8.52. The highest BCUT2D eigenvalue weighted by molar-refractivity contribution is 7.99. The van der Waals surface area contributed by atoms with E-state index in [0.717, 1.165) is 52.7 Å². The molecule has 3 aromatic carbocycles. The number of carbonyl (C=O) groups excluding carboxylic acids is 2. The van der Waals surface area contributed by atoms with E-state index in [9.17, 15) is 9.59 Å². The molecule has 3 aromatic rings. The SMILES string of the molecule is NC(=O)c1cccc2c1C(N1CCCCC1)=Nc1cc(C(=O)OCc3cccc(Cl)c3)ccc1S2. The fraction of sp³-hybridized carbons (Fsp3) is 0.222. The first-order valence-corrected chi connectivity index (χ1v) is 12.7. The van der Waals surface area contributed by atoms with Crippen molar-refractivity contribution in [1.82, 2.24) is 4.90 Å². The molecule has 0 aromatic heterocycles. The van der Waals surface area contributed by atoms with Crippen molar-refractivity contribution in [1.29, 1.82) is 0 Å². The van der Waals surface area contributed by atoms with Gasteiger partial charge in [0.05, 0.1) is 16.8 Å². The third-order valence-electron chi connectivity index (χ3n) is 6.07. The number of nitrogens with zero attached hydrogens (tertiary/aromatic N) is 2. The van der Waals surface area contributed by atoms with Gasteiger partial charge in [0.2, 0.25) is 5.91 Å². The number of fused-ring (bicyclic) bond motifs is 2. The predicted octanol–water partition coefficient (Wildman–Crippen LogP) is 5.82. The molecule has 0 atom stereocenters. The van der Waals surface area contributed by atoms with Gasteiger partial charge < -0.3 is 15.4 Å². The average Bonchev–Trinajstić information content (AvgIpc) is 3.04. The molecule has 0 unspecified atom stereocenters. The summed E-state index contributed by atoms with van der Waals surface area (Å²) >= 11 is 7.55. The summed E-state index contributed by atoms with van der Waals surface area (Å²) in [4.78, 5) is 34.2. The van der Waals surface area contributed by atoms with Crippen LogP contribution in [0.5, 0.6) is 0 Å². The van der Waals surface area contributed by atoms with Gasteiger partial charge in [-0.2, -0.15) is 0 Å². The number of halogens is 1. The van der Waals surface area contributed by atoms with E-state index in [1.807, 2.05) is 30.3 Å². The van der Waals surface area contributed by atoms with E-state index in [1.165, 1.54) is 18.2 Å². The molecule has 0 spiro atoms. The highest BCUT2D eigenvalue weighted by atomic mass is 35.5. The molecule has 1 amide bonds. The molecular weight excluding hydrogens is 482 g/mol.